The molecule has 3 aromatic rings. The van der Waals surface area contributed by atoms with Crippen LogP contribution in [-0.4, -0.2) is 28.8 Å². The summed E-state index contributed by atoms with van der Waals surface area (Å²) in [6.45, 7) is 1.35. The van der Waals surface area contributed by atoms with Crippen LogP contribution in [-0.2, 0) is 13.2 Å². The Balaban J connectivity index is 1.67. The highest BCUT2D eigenvalue weighted by molar-refractivity contribution is 7.71. The summed E-state index contributed by atoms with van der Waals surface area (Å²) in [4.78, 5) is 3.49. The standard InChI is InChI=1S/C16H17N3O2S2/c1-18(10-12-5-7-13(20-2)8-6-12)11-19-16(22)21-15(17-19)14-4-3-9-23-14/h3-9H,10-11H2,1-2H3. The van der Waals surface area contributed by atoms with Crippen LogP contribution < -0.4 is 4.74 Å². The fourth-order valence-electron chi connectivity index (χ4n) is 2.22. The minimum absolute atomic E-state index is 0.384. The molecule has 0 aliphatic carbocycles. The van der Waals surface area contributed by atoms with E-state index in [1.54, 1.807) is 23.1 Å². The first-order valence-electron chi connectivity index (χ1n) is 7.09. The van der Waals surface area contributed by atoms with Gasteiger partial charge in [-0.05, 0) is 48.4 Å². The summed E-state index contributed by atoms with van der Waals surface area (Å²) in [5.41, 5.74) is 1.20. The molecule has 0 saturated heterocycles. The van der Waals surface area contributed by atoms with Gasteiger partial charge in [0.2, 0.25) is 0 Å². The van der Waals surface area contributed by atoms with Crippen molar-refractivity contribution in [3.8, 4) is 16.5 Å². The summed E-state index contributed by atoms with van der Waals surface area (Å²) in [5, 5.41) is 6.44. The minimum atomic E-state index is 0.384. The van der Waals surface area contributed by atoms with Gasteiger partial charge in [-0.25, -0.2) is 4.68 Å². The molecule has 0 spiro atoms. The topological polar surface area (TPSA) is 43.4 Å². The van der Waals surface area contributed by atoms with E-state index in [0.717, 1.165) is 17.2 Å². The highest BCUT2D eigenvalue weighted by Gasteiger charge is 2.10. The molecule has 3 rings (SSSR count). The summed E-state index contributed by atoms with van der Waals surface area (Å²) >= 11 is 6.84. The molecule has 7 heteroatoms. The Morgan fingerprint density at radius 2 is 2.09 bits per heavy atom. The van der Waals surface area contributed by atoms with E-state index in [9.17, 15) is 0 Å². The zero-order valence-corrected chi connectivity index (χ0v) is 14.6. The summed E-state index contributed by atoms with van der Waals surface area (Å²) in [5.74, 6) is 1.43. The maximum Gasteiger partial charge on any atom is 0.288 e. The van der Waals surface area contributed by atoms with Crippen molar-refractivity contribution >= 4 is 23.6 Å². The van der Waals surface area contributed by atoms with Crippen molar-refractivity contribution in [2.24, 2.45) is 0 Å². The number of methoxy groups -OCH3 is 1. The Morgan fingerprint density at radius 1 is 1.30 bits per heavy atom. The average Bonchev–Trinajstić information content (AvgIpc) is 3.18. The lowest BCUT2D eigenvalue weighted by Crippen LogP contribution is -2.22. The molecule has 0 saturated carbocycles. The molecule has 0 aliphatic heterocycles. The fourth-order valence-corrected chi connectivity index (χ4v) is 3.04. The number of rotatable bonds is 6. The first-order chi connectivity index (χ1) is 11.2. The van der Waals surface area contributed by atoms with Crippen LogP contribution in [0, 0.1) is 4.84 Å². The van der Waals surface area contributed by atoms with Crippen LogP contribution in [0.15, 0.2) is 46.2 Å². The molecule has 120 valence electrons. The normalized spacial score (nSPS) is 11.1. The van der Waals surface area contributed by atoms with Crippen molar-refractivity contribution in [1.29, 1.82) is 0 Å². The van der Waals surface area contributed by atoms with E-state index in [0.29, 0.717) is 17.4 Å². The third-order valence-corrected chi connectivity index (χ3v) is 4.48. The molecule has 0 aliphatic rings. The number of ether oxygens (including phenoxy) is 1. The van der Waals surface area contributed by atoms with Crippen LogP contribution in [0.1, 0.15) is 5.56 Å². The van der Waals surface area contributed by atoms with Gasteiger partial charge in [-0.15, -0.1) is 16.4 Å². The molecular weight excluding hydrogens is 330 g/mol. The molecule has 1 aromatic carbocycles. The monoisotopic (exact) mass is 347 g/mol. The second kappa shape index (κ2) is 7.08. The zero-order valence-electron chi connectivity index (χ0n) is 12.9. The predicted octanol–water partition coefficient (Wildman–Crippen LogP) is 4.03. The molecule has 0 bridgehead atoms. The summed E-state index contributed by atoms with van der Waals surface area (Å²) in [6.07, 6.45) is 0. The van der Waals surface area contributed by atoms with Crippen LogP contribution in [0.4, 0.5) is 0 Å². The van der Waals surface area contributed by atoms with Gasteiger partial charge in [0.15, 0.2) is 0 Å². The van der Waals surface area contributed by atoms with Crippen molar-refractivity contribution in [1.82, 2.24) is 14.7 Å². The highest BCUT2D eigenvalue weighted by atomic mass is 32.1. The van der Waals surface area contributed by atoms with Crippen LogP contribution in [0.3, 0.4) is 0 Å². The molecule has 23 heavy (non-hydrogen) atoms. The van der Waals surface area contributed by atoms with E-state index in [1.165, 1.54) is 5.56 Å². The zero-order chi connectivity index (χ0) is 16.2. The number of hydrogen-bond acceptors (Lipinski definition) is 6. The van der Waals surface area contributed by atoms with Gasteiger partial charge in [-0.1, -0.05) is 18.2 Å². The van der Waals surface area contributed by atoms with Gasteiger partial charge in [-0.2, -0.15) is 0 Å². The SMILES string of the molecule is COc1ccc(CN(C)Cn2nc(-c3cccs3)oc2=S)cc1. The molecule has 2 heterocycles. The van der Waals surface area contributed by atoms with Crippen molar-refractivity contribution in [3.63, 3.8) is 0 Å². The Morgan fingerprint density at radius 3 is 2.74 bits per heavy atom. The lowest BCUT2D eigenvalue weighted by atomic mass is 10.2. The van der Waals surface area contributed by atoms with Crippen LogP contribution in [0.5, 0.6) is 5.75 Å². The molecule has 0 fully saturated rings. The number of thiophene rings is 1. The average molecular weight is 347 g/mol. The van der Waals surface area contributed by atoms with Gasteiger partial charge in [0, 0.05) is 6.54 Å². The van der Waals surface area contributed by atoms with Gasteiger partial charge in [0.1, 0.15) is 5.75 Å². The van der Waals surface area contributed by atoms with Crippen LogP contribution >= 0.6 is 23.6 Å². The van der Waals surface area contributed by atoms with Crippen molar-refractivity contribution < 1.29 is 9.15 Å². The molecular formula is C16H17N3O2S2. The Labute approximate surface area is 143 Å². The lowest BCUT2D eigenvalue weighted by Gasteiger charge is -2.16. The first kappa shape index (κ1) is 15.9. The quantitative estimate of drug-likeness (QED) is 0.630. The smallest absolute Gasteiger partial charge is 0.288 e. The van der Waals surface area contributed by atoms with Gasteiger partial charge >= 0.3 is 0 Å². The van der Waals surface area contributed by atoms with Crippen molar-refractivity contribution in [3.05, 3.63) is 52.2 Å². The molecule has 0 unspecified atom stereocenters. The Hall–Kier alpha value is -1.96. The number of benzene rings is 1. The third-order valence-electron chi connectivity index (χ3n) is 3.33. The van der Waals surface area contributed by atoms with E-state index < -0.39 is 0 Å². The van der Waals surface area contributed by atoms with Gasteiger partial charge in [0.25, 0.3) is 10.7 Å². The largest absolute Gasteiger partial charge is 0.497 e. The van der Waals surface area contributed by atoms with E-state index >= 15 is 0 Å². The third kappa shape index (κ3) is 3.87. The number of hydrogen-bond donors (Lipinski definition) is 0. The maximum atomic E-state index is 5.57. The second-order valence-corrected chi connectivity index (χ2v) is 6.45. The van der Waals surface area contributed by atoms with Gasteiger partial charge in [0.05, 0.1) is 18.7 Å². The van der Waals surface area contributed by atoms with Crippen LogP contribution in [0.25, 0.3) is 10.8 Å². The Bertz CT molecular complexity index is 807. The minimum Gasteiger partial charge on any atom is -0.497 e. The first-order valence-corrected chi connectivity index (χ1v) is 8.38. The van der Waals surface area contributed by atoms with Gasteiger partial charge in [-0.3, -0.25) is 4.90 Å². The van der Waals surface area contributed by atoms with E-state index in [-0.39, 0.29) is 0 Å². The lowest BCUT2D eigenvalue weighted by molar-refractivity contribution is 0.240. The van der Waals surface area contributed by atoms with E-state index in [1.807, 2.05) is 36.7 Å². The molecule has 0 amide bonds. The van der Waals surface area contributed by atoms with E-state index in [2.05, 4.69) is 22.1 Å². The molecule has 0 N–H and O–H groups in total. The highest BCUT2D eigenvalue weighted by Crippen LogP contribution is 2.23. The van der Waals surface area contributed by atoms with E-state index in [4.69, 9.17) is 21.4 Å². The number of aromatic nitrogens is 2. The Kier molecular flexibility index (Phi) is 4.90. The maximum absolute atomic E-state index is 5.57. The fraction of sp³-hybridized carbons (Fsp3) is 0.250. The summed E-state index contributed by atoms with van der Waals surface area (Å²) in [6, 6.07) is 12.0. The molecule has 5 nitrogen and oxygen atoms in total. The molecule has 0 atom stereocenters. The van der Waals surface area contributed by atoms with Crippen LogP contribution in [0.2, 0.25) is 0 Å². The van der Waals surface area contributed by atoms with Crippen molar-refractivity contribution in [2.45, 2.75) is 13.2 Å². The van der Waals surface area contributed by atoms with Crippen molar-refractivity contribution in [2.75, 3.05) is 14.2 Å². The molecule has 2 aromatic heterocycles. The molecule has 0 radical (unpaired) electrons. The second-order valence-electron chi connectivity index (χ2n) is 5.15. The predicted molar refractivity (Wildman–Crippen MR) is 93.1 cm³/mol. The summed E-state index contributed by atoms with van der Waals surface area (Å²) in [7, 11) is 3.68. The number of nitrogens with zero attached hydrogens (tertiary/aromatic N) is 3. The van der Waals surface area contributed by atoms with Gasteiger partial charge < -0.3 is 9.15 Å². The summed E-state index contributed by atoms with van der Waals surface area (Å²) < 4.78 is 12.4.